The molecular formula is C13H19NO3. The largest absolute Gasteiger partial charge is 0.508 e. The molecule has 0 heterocycles. The number of carbonyl (C=O) groups excluding carboxylic acids is 1. The lowest BCUT2D eigenvalue weighted by atomic mass is 10.0. The fourth-order valence-electron chi connectivity index (χ4n) is 1.28. The maximum Gasteiger partial charge on any atom is 0.224 e. The van der Waals surface area contributed by atoms with Crippen molar-refractivity contribution in [3.8, 4) is 5.75 Å². The lowest BCUT2D eigenvalue weighted by molar-refractivity contribution is -0.121. The lowest BCUT2D eigenvalue weighted by Crippen LogP contribution is -2.40. The number of phenols is 1. The van der Waals surface area contributed by atoms with Crippen molar-refractivity contribution < 1.29 is 15.0 Å². The van der Waals surface area contributed by atoms with Crippen molar-refractivity contribution in [1.82, 2.24) is 5.32 Å². The van der Waals surface area contributed by atoms with Gasteiger partial charge in [-0.1, -0.05) is 19.1 Å². The summed E-state index contributed by atoms with van der Waals surface area (Å²) in [4.78, 5) is 11.6. The van der Waals surface area contributed by atoms with Gasteiger partial charge < -0.3 is 15.5 Å². The smallest absolute Gasteiger partial charge is 0.224 e. The zero-order chi connectivity index (χ0) is 12.9. The van der Waals surface area contributed by atoms with Gasteiger partial charge in [0.05, 0.1) is 12.0 Å². The molecule has 3 N–H and O–H groups in total. The van der Waals surface area contributed by atoms with Gasteiger partial charge in [0.1, 0.15) is 5.75 Å². The van der Waals surface area contributed by atoms with Gasteiger partial charge in [-0.3, -0.25) is 4.79 Å². The van der Waals surface area contributed by atoms with Crippen molar-refractivity contribution >= 4 is 5.91 Å². The SMILES string of the molecule is CCC(C)(O)CNC(=O)Cc1ccc(O)cc1. The molecule has 0 bridgehead atoms. The van der Waals surface area contributed by atoms with Crippen LogP contribution in [0.15, 0.2) is 24.3 Å². The predicted molar refractivity (Wildman–Crippen MR) is 65.7 cm³/mol. The Labute approximate surface area is 101 Å². The van der Waals surface area contributed by atoms with Crippen molar-refractivity contribution in [2.45, 2.75) is 32.3 Å². The van der Waals surface area contributed by atoms with E-state index in [1.165, 1.54) is 0 Å². The van der Waals surface area contributed by atoms with E-state index in [-0.39, 0.29) is 24.6 Å². The fraction of sp³-hybridized carbons (Fsp3) is 0.462. The van der Waals surface area contributed by atoms with E-state index in [4.69, 9.17) is 5.11 Å². The first kappa shape index (κ1) is 13.5. The number of hydrogen-bond donors (Lipinski definition) is 3. The van der Waals surface area contributed by atoms with Crippen LogP contribution in [0.4, 0.5) is 0 Å². The summed E-state index contributed by atoms with van der Waals surface area (Å²) in [6.07, 6.45) is 0.840. The highest BCUT2D eigenvalue weighted by atomic mass is 16.3. The minimum Gasteiger partial charge on any atom is -0.508 e. The molecule has 0 saturated heterocycles. The van der Waals surface area contributed by atoms with Gasteiger partial charge in [0.25, 0.3) is 0 Å². The maximum absolute atomic E-state index is 11.6. The highest BCUT2D eigenvalue weighted by molar-refractivity contribution is 5.78. The monoisotopic (exact) mass is 237 g/mol. The van der Waals surface area contributed by atoms with E-state index in [1.54, 1.807) is 31.2 Å². The van der Waals surface area contributed by atoms with Crippen LogP contribution in [0.2, 0.25) is 0 Å². The average Bonchev–Trinajstić information content (AvgIpc) is 2.30. The molecule has 1 atom stereocenters. The predicted octanol–water partition coefficient (Wildman–Crippen LogP) is 1.21. The molecule has 0 saturated carbocycles. The molecule has 17 heavy (non-hydrogen) atoms. The highest BCUT2D eigenvalue weighted by Crippen LogP contribution is 2.10. The Balaban J connectivity index is 2.42. The van der Waals surface area contributed by atoms with Crippen LogP contribution in [-0.4, -0.2) is 28.3 Å². The molecular weight excluding hydrogens is 218 g/mol. The standard InChI is InChI=1S/C13H19NO3/c1-3-13(2,17)9-14-12(16)8-10-4-6-11(15)7-5-10/h4-7,15,17H,3,8-9H2,1-2H3,(H,14,16). The molecule has 1 unspecified atom stereocenters. The van der Waals surface area contributed by atoms with Crippen molar-refractivity contribution in [2.75, 3.05) is 6.54 Å². The minimum atomic E-state index is -0.857. The van der Waals surface area contributed by atoms with Crippen LogP contribution < -0.4 is 5.32 Å². The second-order valence-corrected chi connectivity index (χ2v) is 4.47. The molecule has 4 heteroatoms. The summed E-state index contributed by atoms with van der Waals surface area (Å²) < 4.78 is 0. The first-order chi connectivity index (χ1) is 7.93. The Bertz CT molecular complexity index is 371. The Morgan fingerprint density at radius 1 is 1.35 bits per heavy atom. The summed E-state index contributed by atoms with van der Waals surface area (Å²) in [6, 6.07) is 6.50. The molecule has 1 rings (SSSR count). The van der Waals surface area contributed by atoms with Gasteiger partial charge in [-0.25, -0.2) is 0 Å². The molecule has 1 amide bonds. The normalized spacial score (nSPS) is 14.1. The number of rotatable bonds is 5. The van der Waals surface area contributed by atoms with E-state index in [9.17, 15) is 9.90 Å². The van der Waals surface area contributed by atoms with Gasteiger partial charge in [0.15, 0.2) is 0 Å². The van der Waals surface area contributed by atoms with E-state index >= 15 is 0 Å². The number of aromatic hydroxyl groups is 1. The van der Waals surface area contributed by atoms with Crippen LogP contribution in [0.5, 0.6) is 5.75 Å². The molecule has 4 nitrogen and oxygen atoms in total. The highest BCUT2D eigenvalue weighted by Gasteiger charge is 2.18. The van der Waals surface area contributed by atoms with Crippen LogP contribution in [0.1, 0.15) is 25.8 Å². The number of benzene rings is 1. The van der Waals surface area contributed by atoms with E-state index in [0.29, 0.717) is 6.42 Å². The Morgan fingerprint density at radius 3 is 2.47 bits per heavy atom. The molecule has 0 aromatic heterocycles. The first-order valence-corrected chi connectivity index (χ1v) is 5.70. The van der Waals surface area contributed by atoms with Crippen LogP contribution >= 0.6 is 0 Å². The van der Waals surface area contributed by atoms with Crippen LogP contribution in [0.25, 0.3) is 0 Å². The topological polar surface area (TPSA) is 69.6 Å². The third kappa shape index (κ3) is 4.87. The number of aliphatic hydroxyl groups is 1. The number of hydrogen-bond acceptors (Lipinski definition) is 3. The second kappa shape index (κ2) is 5.68. The molecule has 0 fully saturated rings. The van der Waals surface area contributed by atoms with Crippen LogP contribution in [-0.2, 0) is 11.2 Å². The van der Waals surface area contributed by atoms with Gasteiger partial charge >= 0.3 is 0 Å². The fourth-order valence-corrected chi connectivity index (χ4v) is 1.28. The van der Waals surface area contributed by atoms with Crippen molar-refractivity contribution in [3.05, 3.63) is 29.8 Å². The third-order valence-corrected chi connectivity index (χ3v) is 2.73. The van der Waals surface area contributed by atoms with E-state index in [0.717, 1.165) is 5.56 Å². The molecule has 0 aliphatic carbocycles. The van der Waals surface area contributed by atoms with Gasteiger partial charge in [-0.15, -0.1) is 0 Å². The summed E-state index contributed by atoms with van der Waals surface area (Å²) >= 11 is 0. The summed E-state index contributed by atoms with van der Waals surface area (Å²) in [6.45, 7) is 3.81. The summed E-state index contributed by atoms with van der Waals surface area (Å²) in [5.41, 5.74) is -0.0265. The number of carbonyl (C=O) groups is 1. The molecule has 1 aromatic rings. The Morgan fingerprint density at radius 2 is 1.94 bits per heavy atom. The zero-order valence-corrected chi connectivity index (χ0v) is 10.2. The van der Waals surface area contributed by atoms with Gasteiger partial charge in [-0.05, 0) is 31.0 Å². The van der Waals surface area contributed by atoms with E-state index in [2.05, 4.69) is 5.32 Å². The van der Waals surface area contributed by atoms with Gasteiger partial charge in [-0.2, -0.15) is 0 Å². The average molecular weight is 237 g/mol. The zero-order valence-electron chi connectivity index (χ0n) is 10.2. The van der Waals surface area contributed by atoms with Gasteiger partial charge in [0, 0.05) is 6.54 Å². The Kier molecular flexibility index (Phi) is 4.52. The van der Waals surface area contributed by atoms with Crippen molar-refractivity contribution in [3.63, 3.8) is 0 Å². The quantitative estimate of drug-likeness (QED) is 0.721. The molecule has 0 spiro atoms. The maximum atomic E-state index is 11.6. The summed E-state index contributed by atoms with van der Waals surface area (Å²) in [7, 11) is 0. The second-order valence-electron chi connectivity index (χ2n) is 4.47. The van der Waals surface area contributed by atoms with E-state index in [1.807, 2.05) is 6.92 Å². The molecule has 1 aromatic carbocycles. The Hall–Kier alpha value is -1.55. The van der Waals surface area contributed by atoms with E-state index < -0.39 is 5.60 Å². The number of amides is 1. The minimum absolute atomic E-state index is 0.135. The van der Waals surface area contributed by atoms with Crippen molar-refractivity contribution in [2.24, 2.45) is 0 Å². The van der Waals surface area contributed by atoms with Gasteiger partial charge in [0.2, 0.25) is 5.91 Å². The molecule has 0 aliphatic heterocycles. The number of phenolic OH excluding ortho intramolecular Hbond substituents is 1. The number of nitrogens with one attached hydrogen (secondary N) is 1. The van der Waals surface area contributed by atoms with Crippen LogP contribution in [0.3, 0.4) is 0 Å². The lowest BCUT2D eigenvalue weighted by Gasteiger charge is -2.21. The summed E-state index contributed by atoms with van der Waals surface area (Å²) in [5, 5.41) is 21.5. The van der Waals surface area contributed by atoms with Crippen LogP contribution in [0, 0.1) is 0 Å². The van der Waals surface area contributed by atoms with Crippen molar-refractivity contribution in [1.29, 1.82) is 0 Å². The summed E-state index contributed by atoms with van der Waals surface area (Å²) in [5.74, 6) is 0.0486. The first-order valence-electron chi connectivity index (χ1n) is 5.70. The molecule has 94 valence electrons. The molecule has 0 aliphatic rings. The molecule has 0 radical (unpaired) electrons. The third-order valence-electron chi connectivity index (χ3n) is 2.73.